The third-order valence-corrected chi connectivity index (χ3v) is 4.06. The molecular formula is C16H12FN5O2. The number of nitrogens with one attached hydrogen (secondary N) is 1. The Labute approximate surface area is 134 Å². The zero-order valence-electron chi connectivity index (χ0n) is 12.6. The molecule has 0 bridgehead atoms. The van der Waals surface area contributed by atoms with Crippen LogP contribution in [-0.2, 0) is 4.79 Å². The molecule has 0 spiro atoms. The summed E-state index contributed by atoms with van der Waals surface area (Å²) in [6.45, 7) is 1.57. The molecule has 0 saturated heterocycles. The van der Waals surface area contributed by atoms with E-state index in [4.69, 9.17) is 0 Å². The second-order valence-corrected chi connectivity index (χ2v) is 5.48. The van der Waals surface area contributed by atoms with Crippen LogP contribution in [0.15, 0.2) is 37.2 Å². The first-order valence-corrected chi connectivity index (χ1v) is 7.22. The largest absolute Gasteiger partial charge is 0.480 e. The monoisotopic (exact) mass is 325 g/mol. The first-order valence-electron chi connectivity index (χ1n) is 7.22. The highest BCUT2D eigenvalue weighted by Gasteiger charge is 2.21. The number of carbonyl (C=O) groups is 1. The lowest BCUT2D eigenvalue weighted by atomic mass is 10.1. The minimum atomic E-state index is -0.969. The van der Waals surface area contributed by atoms with Gasteiger partial charge in [-0.2, -0.15) is 0 Å². The van der Waals surface area contributed by atoms with Gasteiger partial charge in [-0.3, -0.25) is 0 Å². The van der Waals surface area contributed by atoms with Gasteiger partial charge in [0.05, 0.1) is 6.20 Å². The second-order valence-electron chi connectivity index (χ2n) is 5.48. The van der Waals surface area contributed by atoms with Crippen LogP contribution in [-0.4, -0.2) is 35.6 Å². The van der Waals surface area contributed by atoms with Crippen LogP contribution >= 0.6 is 0 Å². The average molecular weight is 325 g/mol. The molecule has 7 nitrogen and oxygen atoms in total. The highest BCUT2D eigenvalue weighted by Crippen LogP contribution is 2.35. The molecular weight excluding hydrogens is 313 g/mol. The second kappa shape index (κ2) is 5.12. The number of carboxylic acids is 1. The summed E-state index contributed by atoms with van der Waals surface area (Å²) in [5.74, 6) is -1.41. The molecule has 0 radical (unpaired) electrons. The smallest absolute Gasteiger partial charge is 0.326 e. The van der Waals surface area contributed by atoms with Crippen LogP contribution in [0.4, 0.5) is 4.39 Å². The number of nitrogens with zero attached hydrogens (tertiary/aromatic N) is 4. The highest BCUT2D eigenvalue weighted by molar-refractivity contribution is 6.03. The van der Waals surface area contributed by atoms with Gasteiger partial charge in [-0.25, -0.2) is 24.1 Å². The molecule has 4 aromatic rings. The summed E-state index contributed by atoms with van der Waals surface area (Å²) < 4.78 is 15.1. The number of H-pyrrole nitrogens is 1. The molecule has 0 aliphatic rings. The van der Waals surface area contributed by atoms with Crippen molar-refractivity contribution in [3.63, 3.8) is 0 Å². The lowest BCUT2D eigenvalue weighted by Gasteiger charge is -2.08. The van der Waals surface area contributed by atoms with Crippen molar-refractivity contribution in [2.24, 2.45) is 0 Å². The SMILES string of the molecule is CC(C(=O)O)n1cc(-c2c[nH]c3ncc(F)cc23)c2cncnc21. The van der Waals surface area contributed by atoms with E-state index in [-0.39, 0.29) is 0 Å². The van der Waals surface area contributed by atoms with Gasteiger partial charge in [0.15, 0.2) is 0 Å². The molecule has 1 unspecified atom stereocenters. The number of carboxylic acid groups (broad SMARTS) is 1. The molecule has 0 amide bonds. The zero-order valence-corrected chi connectivity index (χ0v) is 12.6. The van der Waals surface area contributed by atoms with E-state index in [1.807, 2.05) is 0 Å². The fourth-order valence-corrected chi connectivity index (χ4v) is 2.82. The molecule has 4 aromatic heterocycles. The minimum Gasteiger partial charge on any atom is -0.480 e. The molecule has 0 aromatic carbocycles. The van der Waals surface area contributed by atoms with E-state index in [1.165, 1.54) is 12.4 Å². The Morgan fingerprint density at radius 3 is 2.92 bits per heavy atom. The summed E-state index contributed by atoms with van der Waals surface area (Å²) in [6.07, 6.45) is 7.55. The van der Waals surface area contributed by atoms with Crippen molar-refractivity contribution < 1.29 is 14.3 Å². The molecule has 4 rings (SSSR count). The zero-order chi connectivity index (χ0) is 16.8. The first-order chi connectivity index (χ1) is 11.6. The summed E-state index contributed by atoms with van der Waals surface area (Å²) in [6, 6.07) is 0.595. The fraction of sp³-hybridized carbons (Fsp3) is 0.125. The number of halogens is 1. The van der Waals surface area contributed by atoms with Crippen LogP contribution < -0.4 is 0 Å². The molecule has 4 heterocycles. The van der Waals surface area contributed by atoms with Crippen LogP contribution in [0.25, 0.3) is 33.2 Å². The lowest BCUT2D eigenvalue weighted by molar-refractivity contribution is -0.140. The molecule has 0 fully saturated rings. The number of pyridine rings is 1. The number of rotatable bonds is 3. The molecule has 2 N–H and O–H groups in total. The Kier molecular flexibility index (Phi) is 3.05. The number of aromatic nitrogens is 5. The predicted molar refractivity (Wildman–Crippen MR) is 84.9 cm³/mol. The summed E-state index contributed by atoms with van der Waals surface area (Å²) >= 11 is 0. The van der Waals surface area contributed by atoms with Crippen molar-refractivity contribution in [1.82, 2.24) is 24.5 Å². The summed E-state index contributed by atoms with van der Waals surface area (Å²) in [5, 5.41) is 10.6. The van der Waals surface area contributed by atoms with E-state index in [2.05, 4.69) is 19.9 Å². The van der Waals surface area contributed by atoms with Crippen LogP contribution in [0.5, 0.6) is 0 Å². The van der Waals surface area contributed by atoms with Gasteiger partial charge in [0, 0.05) is 40.5 Å². The third-order valence-electron chi connectivity index (χ3n) is 4.06. The Balaban J connectivity index is 2.03. The Morgan fingerprint density at radius 1 is 1.29 bits per heavy atom. The lowest BCUT2D eigenvalue weighted by Crippen LogP contribution is -2.14. The molecule has 0 aliphatic heterocycles. The van der Waals surface area contributed by atoms with E-state index in [9.17, 15) is 14.3 Å². The van der Waals surface area contributed by atoms with E-state index < -0.39 is 17.8 Å². The maximum Gasteiger partial charge on any atom is 0.326 e. The Hall–Kier alpha value is -3.29. The highest BCUT2D eigenvalue weighted by atomic mass is 19.1. The maximum absolute atomic E-state index is 13.6. The van der Waals surface area contributed by atoms with Gasteiger partial charge in [0.25, 0.3) is 0 Å². The minimum absolute atomic E-state index is 0.442. The van der Waals surface area contributed by atoms with Crippen molar-refractivity contribution >= 4 is 28.0 Å². The van der Waals surface area contributed by atoms with E-state index in [0.717, 1.165) is 11.8 Å². The first kappa shape index (κ1) is 14.3. The fourth-order valence-electron chi connectivity index (χ4n) is 2.82. The van der Waals surface area contributed by atoms with E-state index in [1.54, 1.807) is 30.1 Å². The van der Waals surface area contributed by atoms with Gasteiger partial charge in [0.1, 0.15) is 29.5 Å². The molecule has 8 heteroatoms. The van der Waals surface area contributed by atoms with Gasteiger partial charge in [-0.1, -0.05) is 0 Å². The van der Waals surface area contributed by atoms with Crippen LogP contribution in [0, 0.1) is 5.82 Å². The Morgan fingerprint density at radius 2 is 2.12 bits per heavy atom. The van der Waals surface area contributed by atoms with Crippen LogP contribution in [0.3, 0.4) is 0 Å². The van der Waals surface area contributed by atoms with Gasteiger partial charge in [-0.05, 0) is 13.0 Å². The Bertz CT molecular complexity index is 1080. The van der Waals surface area contributed by atoms with Crippen molar-refractivity contribution in [3.05, 3.63) is 43.0 Å². The summed E-state index contributed by atoms with van der Waals surface area (Å²) in [4.78, 5) is 26.6. The van der Waals surface area contributed by atoms with Crippen molar-refractivity contribution in [2.75, 3.05) is 0 Å². The standard InChI is InChI=1S/C16H12FN5O2/c1-8(16(23)24)22-6-13(12-4-18-7-21-15(12)22)11-5-20-14-10(11)2-9(17)3-19-14/h2-8H,1H3,(H,19,20)(H,23,24). The van der Waals surface area contributed by atoms with Gasteiger partial charge in [-0.15, -0.1) is 0 Å². The number of hydrogen-bond donors (Lipinski definition) is 2. The predicted octanol–water partition coefficient (Wildman–Crippen LogP) is 2.76. The maximum atomic E-state index is 13.6. The molecule has 120 valence electrons. The molecule has 24 heavy (non-hydrogen) atoms. The van der Waals surface area contributed by atoms with Crippen LogP contribution in [0.2, 0.25) is 0 Å². The van der Waals surface area contributed by atoms with E-state index in [0.29, 0.717) is 27.6 Å². The number of aliphatic carboxylic acids is 1. The van der Waals surface area contributed by atoms with Crippen molar-refractivity contribution in [3.8, 4) is 11.1 Å². The quantitative estimate of drug-likeness (QED) is 0.604. The van der Waals surface area contributed by atoms with E-state index >= 15 is 0 Å². The normalized spacial score (nSPS) is 12.8. The third kappa shape index (κ3) is 2.03. The van der Waals surface area contributed by atoms with Gasteiger partial charge >= 0.3 is 5.97 Å². The number of aromatic amines is 1. The van der Waals surface area contributed by atoms with Gasteiger partial charge < -0.3 is 14.7 Å². The summed E-state index contributed by atoms with van der Waals surface area (Å²) in [7, 11) is 0. The molecule has 0 saturated carbocycles. The average Bonchev–Trinajstić information content (AvgIpc) is 3.15. The van der Waals surface area contributed by atoms with Crippen LogP contribution in [0.1, 0.15) is 13.0 Å². The van der Waals surface area contributed by atoms with Gasteiger partial charge in [0.2, 0.25) is 0 Å². The number of fused-ring (bicyclic) bond motifs is 2. The number of hydrogen-bond acceptors (Lipinski definition) is 4. The molecule has 0 aliphatic carbocycles. The topological polar surface area (TPSA) is 96.7 Å². The molecule has 1 atom stereocenters. The van der Waals surface area contributed by atoms with Crippen molar-refractivity contribution in [2.45, 2.75) is 13.0 Å². The summed E-state index contributed by atoms with van der Waals surface area (Å²) in [5.41, 5.74) is 2.49. The van der Waals surface area contributed by atoms with Crippen molar-refractivity contribution in [1.29, 1.82) is 0 Å².